The van der Waals surface area contributed by atoms with Crippen LogP contribution in [-0.2, 0) is 4.74 Å². The summed E-state index contributed by atoms with van der Waals surface area (Å²) in [6, 6.07) is 0. The van der Waals surface area contributed by atoms with Crippen LogP contribution in [0, 0.1) is 6.92 Å². The van der Waals surface area contributed by atoms with Crippen LogP contribution in [0.2, 0.25) is 0 Å². The predicted molar refractivity (Wildman–Crippen MR) is 46.5 cm³/mol. The molecule has 0 radical (unpaired) electrons. The summed E-state index contributed by atoms with van der Waals surface area (Å²) in [6.07, 6.45) is 1.47. The number of esters is 1. The Balaban J connectivity index is 0.00000121. The molecule has 0 saturated carbocycles. The lowest BCUT2D eigenvalue weighted by atomic mass is 10.3. The van der Waals surface area contributed by atoms with Crippen molar-refractivity contribution in [1.29, 1.82) is 0 Å². The van der Waals surface area contributed by atoms with Gasteiger partial charge in [-0.1, -0.05) is 0 Å². The van der Waals surface area contributed by atoms with Crippen LogP contribution in [0.1, 0.15) is 23.0 Å². The molecule has 0 unspecified atom stereocenters. The highest BCUT2D eigenvalue weighted by Crippen LogP contribution is 2.03. The number of H-pyrrole nitrogens is 1. The summed E-state index contributed by atoms with van der Waals surface area (Å²) in [7, 11) is 0. The second-order valence-corrected chi connectivity index (χ2v) is 2.13. The Hall–Kier alpha value is -1.03. The number of ether oxygens (including phenoxy) is 1. The zero-order valence-corrected chi connectivity index (χ0v) is 7.77. The molecule has 4 nitrogen and oxygen atoms in total. The Morgan fingerprint density at radius 3 is 2.83 bits per heavy atom. The zero-order valence-electron chi connectivity index (χ0n) is 6.96. The van der Waals surface area contributed by atoms with Gasteiger partial charge in [0, 0.05) is 5.69 Å². The van der Waals surface area contributed by atoms with Crippen molar-refractivity contribution in [3.63, 3.8) is 0 Å². The third-order valence-corrected chi connectivity index (χ3v) is 1.33. The second kappa shape index (κ2) is 4.77. The van der Waals surface area contributed by atoms with Gasteiger partial charge in [-0.3, -0.25) is 5.10 Å². The first kappa shape index (κ1) is 11.0. The maximum absolute atomic E-state index is 11.0. The van der Waals surface area contributed by atoms with E-state index < -0.39 is 0 Å². The van der Waals surface area contributed by atoms with E-state index in [0.717, 1.165) is 5.69 Å². The highest BCUT2D eigenvalue weighted by molar-refractivity contribution is 5.90. The van der Waals surface area contributed by atoms with Gasteiger partial charge in [0.15, 0.2) is 0 Å². The van der Waals surface area contributed by atoms with Gasteiger partial charge in [0.25, 0.3) is 0 Å². The molecule has 0 bridgehead atoms. The van der Waals surface area contributed by atoms with E-state index in [2.05, 4.69) is 10.2 Å². The van der Waals surface area contributed by atoms with Crippen LogP contribution in [0.15, 0.2) is 6.20 Å². The maximum atomic E-state index is 11.0. The Morgan fingerprint density at radius 2 is 2.42 bits per heavy atom. The largest absolute Gasteiger partial charge is 0.462 e. The topological polar surface area (TPSA) is 55.0 Å². The fourth-order valence-electron chi connectivity index (χ4n) is 0.765. The van der Waals surface area contributed by atoms with Crippen LogP contribution in [0.25, 0.3) is 0 Å². The molecule has 0 aliphatic rings. The summed E-state index contributed by atoms with van der Waals surface area (Å²) in [5.74, 6) is -0.321. The number of nitrogens with one attached hydrogen (secondary N) is 1. The maximum Gasteiger partial charge on any atom is 0.341 e. The Labute approximate surface area is 76.7 Å². The molecular weight excluding hydrogens is 180 g/mol. The summed E-state index contributed by atoms with van der Waals surface area (Å²) >= 11 is 0. The van der Waals surface area contributed by atoms with E-state index in [4.69, 9.17) is 4.74 Å². The van der Waals surface area contributed by atoms with Crippen LogP contribution >= 0.6 is 12.4 Å². The number of aromatic amines is 1. The summed E-state index contributed by atoms with van der Waals surface area (Å²) in [5.41, 5.74) is 1.25. The third-order valence-electron chi connectivity index (χ3n) is 1.33. The van der Waals surface area contributed by atoms with E-state index >= 15 is 0 Å². The normalized spacial score (nSPS) is 8.83. The molecule has 0 saturated heterocycles. The molecule has 1 N–H and O–H groups in total. The first-order chi connectivity index (χ1) is 5.25. The number of rotatable bonds is 2. The van der Waals surface area contributed by atoms with Crippen LogP contribution in [0.3, 0.4) is 0 Å². The van der Waals surface area contributed by atoms with Crippen molar-refractivity contribution in [2.75, 3.05) is 6.61 Å². The van der Waals surface area contributed by atoms with Gasteiger partial charge < -0.3 is 4.74 Å². The molecule has 0 aliphatic carbocycles. The van der Waals surface area contributed by atoms with Gasteiger partial charge >= 0.3 is 5.97 Å². The average molecular weight is 191 g/mol. The molecule has 1 aromatic heterocycles. The minimum atomic E-state index is -0.321. The van der Waals surface area contributed by atoms with Crippen LogP contribution < -0.4 is 0 Å². The van der Waals surface area contributed by atoms with E-state index in [-0.39, 0.29) is 18.4 Å². The summed E-state index contributed by atoms with van der Waals surface area (Å²) in [4.78, 5) is 11.0. The van der Waals surface area contributed by atoms with Gasteiger partial charge in [-0.05, 0) is 13.8 Å². The van der Waals surface area contributed by atoms with Crippen molar-refractivity contribution in [2.45, 2.75) is 13.8 Å². The number of carbonyl (C=O) groups excluding carboxylic acids is 1. The van der Waals surface area contributed by atoms with Gasteiger partial charge in [0.1, 0.15) is 5.56 Å². The molecule has 5 heteroatoms. The van der Waals surface area contributed by atoms with Crippen LogP contribution in [0.5, 0.6) is 0 Å². The molecule has 0 aromatic carbocycles. The molecular formula is C7H11ClN2O2. The van der Waals surface area contributed by atoms with Crippen molar-refractivity contribution in [1.82, 2.24) is 10.2 Å². The Kier molecular flexibility index (Phi) is 4.36. The Bertz CT molecular complexity index is 260. The lowest BCUT2D eigenvalue weighted by Gasteiger charge is -1.97. The molecule has 1 heterocycles. The number of hydrogen-bond donors (Lipinski definition) is 1. The first-order valence-corrected chi connectivity index (χ1v) is 3.42. The highest BCUT2D eigenvalue weighted by Gasteiger charge is 2.10. The third kappa shape index (κ3) is 2.23. The second-order valence-electron chi connectivity index (χ2n) is 2.13. The molecule has 12 heavy (non-hydrogen) atoms. The SMILES string of the molecule is CCOC(=O)c1cn[nH]c1C.Cl. The number of nitrogens with zero attached hydrogens (tertiary/aromatic N) is 1. The highest BCUT2D eigenvalue weighted by atomic mass is 35.5. The fraction of sp³-hybridized carbons (Fsp3) is 0.429. The Morgan fingerprint density at radius 1 is 1.75 bits per heavy atom. The minimum Gasteiger partial charge on any atom is -0.462 e. The van der Waals surface area contributed by atoms with Gasteiger partial charge in [0.2, 0.25) is 0 Å². The first-order valence-electron chi connectivity index (χ1n) is 3.42. The van der Waals surface area contributed by atoms with Crippen molar-refractivity contribution in [3.8, 4) is 0 Å². The fourth-order valence-corrected chi connectivity index (χ4v) is 0.765. The standard InChI is InChI=1S/C7H10N2O2.ClH/c1-3-11-7(10)6-4-8-9-5(6)2;/h4H,3H2,1-2H3,(H,8,9);1H. The van der Waals surface area contributed by atoms with E-state index in [1.807, 2.05) is 0 Å². The number of halogens is 1. The summed E-state index contributed by atoms with van der Waals surface area (Å²) in [5, 5.41) is 6.36. The van der Waals surface area contributed by atoms with E-state index in [1.165, 1.54) is 6.20 Å². The number of aryl methyl sites for hydroxylation is 1. The molecule has 1 aromatic rings. The van der Waals surface area contributed by atoms with Crippen molar-refractivity contribution in [2.24, 2.45) is 0 Å². The smallest absolute Gasteiger partial charge is 0.341 e. The molecule has 0 spiro atoms. The van der Waals surface area contributed by atoms with Gasteiger partial charge in [0.05, 0.1) is 12.8 Å². The van der Waals surface area contributed by atoms with Crippen molar-refractivity contribution in [3.05, 3.63) is 17.5 Å². The average Bonchev–Trinajstić information content (AvgIpc) is 2.36. The van der Waals surface area contributed by atoms with Crippen molar-refractivity contribution >= 4 is 18.4 Å². The quantitative estimate of drug-likeness (QED) is 0.716. The van der Waals surface area contributed by atoms with Crippen LogP contribution in [-0.4, -0.2) is 22.8 Å². The van der Waals surface area contributed by atoms with E-state index in [1.54, 1.807) is 13.8 Å². The van der Waals surface area contributed by atoms with Gasteiger partial charge in [-0.25, -0.2) is 4.79 Å². The number of aromatic nitrogens is 2. The van der Waals surface area contributed by atoms with Gasteiger partial charge in [-0.15, -0.1) is 12.4 Å². The molecule has 1 rings (SSSR count). The lowest BCUT2D eigenvalue weighted by Crippen LogP contribution is -2.04. The van der Waals surface area contributed by atoms with Crippen molar-refractivity contribution < 1.29 is 9.53 Å². The molecule has 0 fully saturated rings. The van der Waals surface area contributed by atoms with Crippen LogP contribution in [0.4, 0.5) is 0 Å². The molecule has 0 amide bonds. The van der Waals surface area contributed by atoms with E-state index in [9.17, 15) is 4.79 Å². The summed E-state index contributed by atoms with van der Waals surface area (Å²) < 4.78 is 4.77. The summed E-state index contributed by atoms with van der Waals surface area (Å²) in [6.45, 7) is 3.94. The monoisotopic (exact) mass is 190 g/mol. The molecule has 0 aliphatic heterocycles. The number of carbonyl (C=O) groups is 1. The minimum absolute atomic E-state index is 0. The number of hydrogen-bond acceptors (Lipinski definition) is 3. The lowest BCUT2D eigenvalue weighted by molar-refractivity contribution is 0.0525. The zero-order chi connectivity index (χ0) is 8.27. The predicted octanol–water partition coefficient (Wildman–Crippen LogP) is 1.32. The molecule has 0 atom stereocenters. The van der Waals surface area contributed by atoms with Gasteiger partial charge in [-0.2, -0.15) is 5.10 Å². The molecule has 68 valence electrons. The van der Waals surface area contributed by atoms with E-state index in [0.29, 0.717) is 12.2 Å².